The second kappa shape index (κ2) is 7.97. The Morgan fingerprint density at radius 1 is 0.875 bits per heavy atom. The van der Waals surface area contributed by atoms with Gasteiger partial charge < -0.3 is 4.90 Å². The number of carbonyl (C=O) groups is 1. The Balaban J connectivity index is 1.79. The Bertz CT molecular complexity index is 1200. The molecule has 2 heterocycles. The molecule has 5 heteroatoms. The van der Waals surface area contributed by atoms with E-state index < -0.39 is 0 Å². The highest BCUT2D eigenvalue weighted by atomic mass is 16.2. The molecule has 32 heavy (non-hydrogen) atoms. The van der Waals surface area contributed by atoms with Gasteiger partial charge in [-0.15, -0.1) is 0 Å². The molecule has 0 atom stereocenters. The van der Waals surface area contributed by atoms with Crippen LogP contribution in [0.3, 0.4) is 0 Å². The summed E-state index contributed by atoms with van der Waals surface area (Å²) in [6.45, 7) is 6.28. The molecule has 0 spiro atoms. The number of nitrogens with zero attached hydrogens (tertiary/aromatic N) is 3. The van der Waals surface area contributed by atoms with Gasteiger partial charge in [-0.3, -0.25) is 19.3 Å². The Kier molecular flexibility index (Phi) is 5.12. The first-order chi connectivity index (χ1) is 15.5. The van der Waals surface area contributed by atoms with Gasteiger partial charge in [-0.2, -0.15) is 0 Å². The zero-order valence-electron chi connectivity index (χ0n) is 18.9. The van der Waals surface area contributed by atoms with Gasteiger partial charge in [-0.25, -0.2) is 0 Å². The van der Waals surface area contributed by atoms with Gasteiger partial charge in [-0.1, -0.05) is 48.5 Å². The minimum atomic E-state index is -0.103. The maximum absolute atomic E-state index is 13.4. The molecule has 1 aromatic heterocycles. The maximum Gasteiger partial charge on any atom is 0.274 e. The van der Waals surface area contributed by atoms with E-state index in [0.29, 0.717) is 17.9 Å². The highest BCUT2D eigenvalue weighted by Gasteiger charge is 2.37. The molecule has 0 radical (unpaired) electrons. The smallest absolute Gasteiger partial charge is 0.274 e. The van der Waals surface area contributed by atoms with Crippen molar-refractivity contribution in [3.8, 4) is 0 Å². The minimum absolute atomic E-state index is 0.0208. The normalized spacial score (nSPS) is 16.3. The summed E-state index contributed by atoms with van der Waals surface area (Å²) < 4.78 is 1.93. The van der Waals surface area contributed by atoms with E-state index in [-0.39, 0.29) is 23.4 Å². The molecule has 0 saturated carbocycles. The van der Waals surface area contributed by atoms with Crippen molar-refractivity contribution < 1.29 is 4.79 Å². The molecule has 0 saturated heterocycles. The fraction of sp³-hybridized carbons (Fsp3) is 0.333. The maximum atomic E-state index is 13.4. The number of aromatic nitrogens is 1. The molecular formula is C27H29N3O2. The van der Waals surface area contributed by atoms with Gasteiger partial charge >= 0.3 is 0 Å². The SMILES string of the molecule is Cc1c2n(ccc1=O)N(C1c3ccccc3CCCc3ccccc31)CN(C(C)C)C2=O. The molecule has 3 aromatic rings. The number of benzene rings is 2. The van der Waals surface area contributed by atoms with Crippen LogP contribution in [0.5, 0.6) is 0 Å². The lowest BCUT2D eigenvalue weighted by Gasteiger charge is -2.46. The Hall–Kier alpha value is -3.34. The lowest BCUT2D eigenvalue weighted by Crippen LogP contribution is -2.57. The summed E-state index contributed by atoms with van der Waals surface area (Å²) in [6, 6.07) is 18.8. The summed E-state index contributed by atoms with van der Waals surface area (Å²) in [7, 11) is 0. The van der Waals surface area contributed by atoms with Crippen LogP contribution >= 0.6 is 0 Å². The molecule has 5 rings (SSSR count). The number of rotatable bonds is 2. The van der Waals surface area contributed by atoms with Crippen LogP contribution in [0.2, 0.25) is 0 Å². The van der Waals surface area contributed by atoms with Crippen LogP contribution in [0.4, 0.5) is 0 Å². The molecular weight excluding hydrogens is 398 g/mol. The second-order valence-electron chi connectivity index (χ2n) is 9.10. The predicted molar refractivity (Wildman–Crippen MR) is 127 cm³/mol. The van der Waals surface area contributed by atoms with Crippen molar-refractivity contribution in [1.29, 1.82) is 0 Å². The molecule has 2 aliphatic rings. The minimum Gasteiger partial charge on any atom is -0.316 e. The fourth-order valence-electron chi connectivity index (χ4n) is 5.14. The first kappa shape index (κ1) is 20.6. The van der Waals surface area contributed by atoms with Crippen LogP contribution in [-0.2, 0) is 12.8 Å². The molecule has 1 aliphatic carbocycles. The third-order valence-electron chi connectivity index (χ3n) is 6.87. The first-order valence-electron chi connectivity index (χ1n) is 11.4. The monoisotopic (exact) mass is 427 g/mol. The highest BCUT2D eigenvalue weighted by Crippen LogP contribution is 2.37. The molecule has 0 fully saturated rings. The largest absolute Gasteiger partial charge is 0.316 e. The quantitative estimate of drug-likeness (QED) is 0.616. The van der Waals surface area contributed by atoms with Gasteiger partial charge in [0.05, 0.1) is 6.04 Å². The molecule has 0 unspecified atom stereocenters. The van der Waals surface area contributed by atoms with E-state index in [1.807, 2.05) is 23.4 Å². The van der Waals surface area contributed by atoms with Crippen molar-refractivity contribution in [1.82, 2.24) is 9.58 Å². The number of amides is 1. The van der Waals surface area contributed by atoms with Crippen LogP contribution in [-0.4, -0.2) is 28.2 Å². The number of carbonyl (C=O) groups excluding carboxylic acids is 1. The van der Waals surface area contributed by atoms with Crippen LogP contribution < -0.4 is 10.4 Å². The Morgan fingerprint density at radius 2 is 1.47 bits per heavy atom. The van der Waals surface area contributed by atoms with E-state index >= 15 is 0 Å². The summed E-state index contributed by atoms with van der Waals surface area (Å²) >= 11 is 0. The number of fused-ring (bicyclic) bond motifs is 3. The van der Waals surface area contributed by atoms with Crippen molar-refractivity contribution in [3.05, 3.63) is 105 Å². The third-order valence-corrected chi connectivity index (χ3v) is 6.87. The standard InChI is InChI=1S/C27H29N3O2/c1-18(2)28-17-30(29-16-15-24(31)19(3)25(29)27(28)32)26-22-13-6-4-9-20(22)11-8-12-21-10-5-7-14-23(21)26/h4-7,9-10,13-16,18,26H,8,11-12,17H2,1-3H3. The Morgan fingerprint density at radius 3 is 2.06 bits per heavy atom. The van der Waals surface area contributed by atoms with E-state index in [1.165, 1.54) is 22.3 Å². The van der Waals surface area contributed by atoms with E-state index in [4.69, 9.17) is 0 Å². The van der Waals surface area contributed by atoms with Crippen molar-refractivity contribution >= 4 is 5.91 Å². The van der Waals surface area contributed by atoms with Crippen molar-refractivity contribution in [2.75, 3.05) is 11.7 Å². The summed E-state index contributed by atoms with van der Waals surface area (Å²) in [5.74, 6) is -0.0844. The van der Waals surface area contributed by atoms with E-state index in [1.54, 1.807) is 19.2 Å². The highest BCUT2D eigenvalue weighted by molar-refractivity contribution is 5.95. The second-order valence-corrected chi connectivity index (χ2v) is 9.10. The van der Waals surface area contributed by atoms with Gasteiger partial charge in [0.25, 0.3) is 5.91 Å². The lowest BCUT2D eigenvalue weighted by molar-refractivity contribution is 0.0625. The average molecular weight is 428 g/mol. The summed E-state index contributed by atoms with van der Waals surface area (Å²) in [5.41, 5.74) is 6.09. The van der Waals surface area contributed by atoms with Gasteiger partial charge in [0.2, 0.25) is 0 Å². The lowest BCUT2D eigenvalue weighted by atomic mass is 9.85. The van der Waals surface area contributed by atoms with Gasteiger partial charge in [0.15, 0.2) is 5.43 Å². The number of hydrogen-bond acceptors (Lipinski definition) is 3. The topological polar surface area (TPSA) is 45.6 Å². The van der Waals surface area contributed by atoms with Crippen molar-refractivity contribution in [2.24, 2.45) is 0 Å². The number of aryl methyl sites for hydroxylation is 2. The summed E-state index contributed by atoms with van der Waals surface area (Å²) in [5, 5.41) is 2.26. The molecule has 5 nitrogen and oxygen atoms in total. The van der Waals surface area contributed by atoms with Gasteiger partial charge in [0.1, 0.15) is 12.4 Å². The van der Waals surface area contributed by atoms with Crippen LogP contribution in [0.15, 0.2) is 65.6 Å². The molecule has 164 valence electrons. The predicted octanol–water partition coefficient (Wildman–Crippen LogP) is 4.19. The zero-order chi connectivity index (χ0) is 22.4. The summed E-state index contributed by atoms with van der Waals surface area (Å²) in [6.07, 6.45) is 4.93. The molecule has 1 aliphatic heterocycles. The van der Waals surface area contributed by atoms with Crippen molar-refractivity contribution in [3.63, 3.8) is 0 Å². The molecule has 0 N–H and O–H groups in total. The van der Waals surface area contributed by atoms with Crippen molar-refractivity contribution in [2.45, 2.75) is 52.1 Å². The number of hydrogen-bond donors (Lipinski definition) is 0. The fourth-order valence-corrected chi connectivity index (χ4v) is 5.14. The molecule has 1 amide bonds. The van der Waals surface area contributed by atoms with Crippen LogP contribution in [0.25, 0.3) is 0 Å². The van der Waals surface area contributed by atoms with E-state index in [0.717, 1.165) is 19.3 Å². The van der Waals surface area contributed by atoms with Gasteiger partial charge in [0, 0.05) is 23.9 Å². The Labute approximate surface area is 188 Å². The first-order valence-corrected chi connectivity index (χ1v) is 11.4. The zero-order valence-corrected chi connectivity index (χ0v) is 18.9. The average Bonchev–Trinajstić information content (AvgIpc) is 2.77. The van der Waals surface area contributed by atoms with Crippen LogP contribution in [0, 0.1) is 6.92 Å². The number of pyridine rings is 1. The molecule has 0 bridgehead atoms. The van der Waals surface area contributed by atoms with E-state index in [9.17, 15) is 9.59 Å². The van der Waals surface area contributed by atoms with Gasteiger partial charge in [-0.05, 0) is 62.3 Å². The van der Waals surface area contributed by atoms with Crippen LogP contribution in [0.1, 0.15) is 64.6 Å². The van der Waals surface area contributed by atoms with E-state index in [2.05, 4.69) is 53.5 Å². The summed E-state index contributed by atoms with van der Waals surface area (Å²) in [4.78, 5) is 27.8. The third kappa shape index (κ3) is 3.24. The molecule has 2 aromatic carbocycles.